The Labute approximate surface area is 164 Å². The van der Waals surface area contributed by atoms with E-state index in [1.165, 1.54) is 40.7 Å². The van der Waals surface area contributed by atoms with Crippen LogP contribution in [0.25, 0.3) is 10.2 Å². The smallest absolute Gasteiger partial charge is 0.270 e. The van der Waals surface area contributed by atoms with Crippen molar-refractivity contribution in [2.24, 2.45) is 0 Å². The molecule has 0 spiro atoms. The number of nitro benzene ring substituents is 1. The van der Waals surface area contributed by atoms with Crippen LogP contribution in [0.1, 0.15) is 21.7 Å². The summed E-state index contributed by atoms with van der Waals surface area (Å²) in [6.45, 7) is 2.17. The van der Waals surface area contributed by atoms with Gasteiger partial charge in [0.05, 0.1) is 27.9 Å². The fourth-order valence-electron chi connectivity index (χ4n) is 2.83. The van der Waals surface area contributed by atoms with Crippen LogP contribution in [0.3, 0.4) is 0 Å². The van der Waals surface area contributed by atoms with Gasteiger partial charge in [-0.2, -0.15) is 0 Å². The fraction of sp³-hybridized carbons (Fsp3) is 0.100. The predicted molar refractivity (Wildman–Crippen MR) is 107 cm³/mol. The van der Waals surface area contributed by atoms with E-state index in [1.54, 1.807) is 18.2 Å². The molecule has 0 atom stereocenters. The number of nitro groups is 1. The van der Waals surface area contributed by atoms with Crippen LogP contribution in [0, 0.1) is 17.0 Å². The first kappa shape index (κ1) is 17.9. The van der Waals surface area contributed by atoms with E-state index >= 15 is 0 Å². The molecule has 7 nitrogen and oxygen atoms in total. The number of rotatable bonds is 5. The molecule has 0 bridgehead atoms. The number of nitrogens with zero attached hydrogens (tertiary/aromatic N) is 3. The zero-order valence-electron chi connectivity index (χ0n) is 14.9. The molecular weight excluding hydrogens is 378 g/mol. The number of benzene rings is 2. The number of carbonyl (C=O) groups excluding carboxylic acids is 1. The maximum absolute atomic E-state index is 13.2. The largest absolute Gasteiger partial charge is 0.467 e. The molecule has 4 aromatic rings. The molecule has 4 rings (SSSR count). The summed E-state index contributed by atoms with van der Waals surface area (Å²) in [6.07, 6.45) is 1.53. The van der Waals surface area contributed by atoms with Crippen LogP contribution < -0.4 is 4.90 Å². The lowest BCUT2D eigenvalue weighted by Crippen LogP contribution is -2.30. The number of amides is 1. The highest BCUT2D eigenvalue weighted by molar-refractivity contribution is 7.22. The number of aryl methyl sites for hydroxylation is 1. The van der Waals surface area contributed by atoms with E-state index in [-0.39, 0.29) is 23.7 Å². The van der Waals surface area contributed by atoms with E-state index in [4.69, 9.17) is 4.42 Å². The van der Waals surface area contributed by atoms with E-state index in [2.05, 4.69) is 4.98 Å². The lowest BCUT2D eigenvalue weighted by molar-refractivity contribution is -0.384. The van der Waals surface area contributed by atoms with Gasteiger partial charge in [-0.05, 0) is 42.8 Å². The van der Waals surface area contributed by atoms with E-state index in [9.17, 15) is 14.9 Å². The summed E-state index contributed by atoms with van der Waals surface area (Å²) in [5, 5.41) is 11.6. The Morgan fingerprint density at radius 1 is 1.21 bits per heavy atom. The average Bonchev–Trinajstić information content (AvgIpc) is 3.34. The van der Waals surface area contributed by atoms with Crippen molar-refractivity contribution in [3.63, 3.8) is 0 Å². The fourth-order valence-corrected chi connectivity index (χ4v) is 3.89. The van der Waals surface area contributed by atoms with Crippen molar-refractivity contribution in [1.29, 1.82) is 0 Å². The van der Waals surface area contributed by atoms with E-state index in [0.717, 1.165) is 15.8 Å². The number of carbonyl (C=O) groups is 1. The van der Waals surface area contributed by atoms with Crippen LogP contribution in [0.4, 0.5) is 10.8 Å². The molecule has 0 fully saturated rings. The second-order valence-electron chi connectivity index (χ2n) is 6.25. The molecular formula is C20H15N3O4S. The topological polar surface area (TPSA) is 89.5 Å². The van der Waals surface area contributed by atoms with Crippen molar-refractivity contribution in [3.8, 4) is 0 Å². The van der Waals surface area contributed by atoms with Gasteiger partial charge in [0, 0.05) is 17.7 Å². The summed E-state index contributed by atoms with van der Waals surface area (Å²) in [4.78, 5) is 29.8. The van der Waals surface area contributed by atoms with Crippen molar-refractivity contribution in [2.75, 3.05) is 4.90 Å². The summed E-state index contributed by atoms with van der Waals surface area (Å²) in [5.74, 6) is 0.213. The third-order valence-electron chi connectivity index (χ3n) is 4.21. The summed E-state index contributed by atoms with van der Waals surface area (Å²) in [5.41, 5.74) is 1.98. The monoisotopic (exact) mass is 393 g/mol. The molecule has 2 heterocycles. The minimum Gasteiger partial charge on any atom is -0.467 e. The number of non-ortho nitro benzene ring substituents is 1. The van der Waals surface area contributed by atoms with Crippen LogP contribution in [-0.4, -0.2) is 15.8 Å². The summed E-state index contributed by atoms with van der Waals surface area (Å²) < 4.78 is 6.37. The molecule has 0 aliphatic carbocycles. The van der Waals surface area contributed by atoms with Crippen LogP contribution in [0.5, 0.6) is 0 Å². The van der Waals surface area contributed by atoms with Gasteiger partial charge in [0.15, 0.2) is 5.13 Å². The molecule has 2 aromatic heterocycles. The first-order valence-electron chi connectivity index (χ1n) is 8.47. The average molecular weight is 393 g/mol. The Morgan fingerprint density at radius 2 is 2.07 bits per heavy atom. The van der Waals surface area contributed by atoms with Gasteiger partial charge in [-0.25, -0.2) is 4.98 Å². The standard InChI is InChI=1S/C20H15N3O4S/c1-13-7-8-17-18(10-13)28-20(21-17)22(12-16-6-3-9-27-16)19(24)14-4-2-5-15(11-14)23(25)26/h2-11H,12H2,1H3. The maximum atomic E-state index is 13.2. The highest BCUT2D eigenvalue weighted by Gasteiger charge is 2.24. The molecule has 140 valence electrons. The Bertz CT molecular complexity index is 1170. The summed E-state index contributed by atoms with van der Waals surface area (Å²) >= 11 is 1.39. The molecule has 2 aromatic carbocycles. The number of fused-ring (bicyclic) bond motifs is 1. The minimum absolute atomic E-state index is 0.135. The molecule has 0 aliphatic heterocycles. The maximum Gasteiger partial charge on any atom is 0.270 e. The van der Waals surface area contributed by atoms with Crippen molar-refractivity contribution in [3.05, 3.63) is 87.9 Å². The van der Waals surface area contributed by atoms with Gasteiger partial charge < -0.3 is 4.42 Å². The van der Waals surface area contributed by atoms with Crippen LogP contribution in [-0.2, 0) is 6.54 Å². The second kappa shape index (κ2) is 7.24. The zero-order chi connectivity index (χ0) is 19.7. The van der Waals surface area contributed by atoms with E-state index in [1.807, 2.05) is 25.1 Å². The highest BCUT2D eigenvalue weighted by Crippen LogP contribution is 2.31. The Morgan fingerprint density at radius 3 is 2.82 bits per heavy atom. The van der Waals surface area contributed by atoms with Gasteiger partial charge in [-0.1, -0.05) is 23.5 Å². The Hall–Kier alpha value is -3.52. The van der Waals surface area contributed by atoms with Gasteiger partial charge in [-0.3, -0.25) is 19.8 Å². The second-order valence-corrected chi connectivity index (χ2v) is 7.25. The molecule has 0 aliphatic rings. The number of anilines is 1. The third-order valence-corrected chi connectivity index (χ3v) is 5.25. The first-order chi connectivity index (χ1) is 13.5. The molecule has 0 radical (unpaired) electrons. The number of aromatic nitrogens is 1. The number of hydrogen-bond donors (Lipinski definition) is 0. The molecule has 0 saturated carbocycles. The number of hydrogen-bond acceptors (Lipinski definition) is 6. The van der Waals surface area contributed by atoms with Crippen LogP contribution in [0.2, 0.25) is 0 Å². The van der Waals surface area contributed by atoms with Crippen LogP contribution >= 0.6 is 11.3 Å². The quantitative estimate of drug-likeness (QED) is 0.353. The zero-order valence-corrected chi connectivity index (χ0v) is 15.7. The molecule has 8 heteroatoms. The number of furan rings is 1. The predicted octanol–water partition coefficient (Wildman–Crippen LogP) is 4.95. The first-order valence-corrected chi connectivity index (χ1v) is 9.29. The molecule has 28 heavy (non-hydrogen) atoms. The van der Waals surface area contributed by atoms with Gasteiger partial charge in [-0.15, -0.1) is 0 Å². The highest BCUT2D eigenvalue weighted by atomic mass is 32.1. The van der Waals surface area contributed by atoms with Crippen molar-refractivity contribution < 1.29 is 14.1 Å². The SMILES string of the molecule is Cc1ccc2nc(N(Cc3ccco3)C(=O)c3cccc([N+](=O)[O-])c3)sc2c1. The molecule has 0 N–H and O–H groups in total. The van der Waals surface area contributed by atoms with Gasteiger partial charge in [0.2, 0.25) is 0 Å². The van der Waals surface area contributed by atoms with Gasteiger partial charge >= 0.3 is 0 Å². The normalized spacial score (nSPS) is 10.9. The lowest BCUT2D eigenvalue weighted by Gasteiger charge is -2.18. The van der Waals surface area contributed by atoms with Gasteiger partial charge in [0.1, 0.15) is 5.76 Å². The Kier molecular flexibility index (Phi) is 4.62. The van der Waals surface area contributed by atoms with Crippen molar-refractivity contribution >= 4 is 38.3 Å². The van der Waals surface area contributed by atoms with E-state index in [0.29, 0.717) is 10.9 Å². The van der Waals surface area contributed by atoms with E-state index < -0.39 is 4.92 Å². The lowest BCUT2D eigenvalue weighted by atomic mass is 10.2. The summed E-state index contributed by atoms with van der Waals surface area (Å²) in [6, 6.07) is 15.1. The molecule has 1 amide bonds. The van der Waals surface area contributed by atoms with Crippen molar-refractivity contribution in [2.45, 2.75) is 13.5 Å². The van der Waals surface area contributed by atoms with Crippen LogP contribution in [0.15, 0.2) is 65.3 Å². The third kappa shape index (κ3) is 3.49. The van der Waals surface area contributed by atoms with Crippen molar-refractivity contribution in [1.82, 2.24) is 4.98 Å². The molecule has 0 unspecified atom stereocenters. The number of thiazole rings is 1. The minimum atomic E-state index is -0.520. The molecule has 0 saturated heterocycles. The Balaban J connectivity index is 1.77. The summed E-state index contributed by atoms with van der Waals surface area (Å²) in [7, 11) is 0. The van der Waals surface area contributed by atoms with Gasteiger partial charge in [0.25, 0.3) is 11.6 Å².